The van der Waals surface area contributed by atoms with Crippen molar-refractivity contribution >= 4 is 17.7 Å². The van der Waals surface area contributed by atoms with Gasteiger partial charge in [0, 0.05) is 17.9 Å². The highest BCUT2D eigenvalue weighted by molar-refractivity contribution is 7.98. The molecule has 0 atom stereocenters. The Hall–Kier alpha value is -2.08. The van der Waals surface area contributed by atoms with Crippen molar-refractivity contribution in [3.05, 3.63) is 54.4 Å². The predicted molar refractivity (Wildman–Crippen MR) is 74.7 cm³/mol. The molecule has 98 valence electrons. The highest BCUT2D eigenvalue weighted by Crippen LogP contribution is 2.21. The Morgan fingerprint density at radius 3 is 3.11 bits per heavy atom. The van der Waals surface area contributed by atoms with Crippen LogP contribution in [0.15, 0.2) is 48.4 Å². The zero-order valence-electron chi connectivity index (χ0n) is 10.3. The molecule has 0 aliphatic carbocycles. The number of carbonyl (C=O) groups excluding carboxylic acids is 1. The van der Waals surface area contributed by atoms with Crippen LogP contribution in [0.2, 0.25) is 0 Å². The third kappa shape index (κ3) is 3.45. The number of thioether (sulfide) groups is 1. The summed E-state index contributed by atoms with van der Waals surface area (Å²) >= 11 is 1.56. The van der Waals surface area contributed by atoms with E-state index >= 15 is 0 Å². The van der Waals surface area contributed by atoms with Gasteiger partial charge in [0.25, 0.3) is 0 Å². The van der Waals surface area contributed by atoms with Crippen LogP contribution in [0.1, 0.15) is 15.9 Å². The largest absolute Gasteiger partial charge is 0.366 e. The molecule has 0 aliphatic heterocycles. The first-order chi connectivity index (χ1) is 9.20. The van der Waals surface area contributed by atoms with Gasteiger partial charge in [0.2, 0.25) is 5.91 Å². The minimum Gasteiger partial charge on any atom is -0.366 e. The molecule has 2 rings (SSSR count). The van der Waals surface area contributed by atoms with Gasteiger partial charge in [-0.2, -0.15) is 0 Å². The van der Waals surface area contributed by atoms with Crippen molar-refractivity contribution in [1.82, 2.24) is 14.8 Å². The summed E-state index contributed by atoms with van der Waals surface area (Å²) in [7, 11) is 0. The molecule has 0 saturated heterocycles. The summed E-state index contributed by atoms with van der Waals surface area (Å²) in [6.45, 7) is 4.37. The number of primary amides is 1. The van der Waals surface area contributed by atoms with Crippen LogP contribution in [0, 0.1) is 0 Å². The lowest BCUT2D eigenvalue weighted by Crippen LogP contribution is -2.10. The average Bonchev–Trinajstić information content (AvgIpc) is 2.85. The molecule has 2 aromatic rings. The van der Waals surface area contributed by atoms with Crippen LogP contribution < -0.4 is 5.73 Å². The van der Waals surface area contributed by atoms with E-state index in [1.165, 1.54) is 0 Å². The zero-order chi connectivity index (χ0) is 13.7. The Balaban J connectivity index is 2.05. The molecular formula is C13H14N4OS. The maximum Gasteiger partial charge on any atom is 0.248 e. The number of hydrogen-bond donors (Lipinski definition) is 1. The number of rotatable bonds is 6. The summed E-state index contributed by atoms with van der Waals surface area (Å²) in [5, 5.41) is 8.74. The first-order valence-corrected chi connectivity index (χ1v) is 6.69. The van der Waals surface area contributed by atoms with Crippen LogP contribution in [-0.4, -0.2) is 20.7 Å². The maximum atomic E-state index is 11.1. The Bertz CT molecular complexity index is 594. The molecule has 0 saturated carbocycles. The summed E-state index contributed by atoms with van der Waals surface area (Å²) in [6, 6.07) is 7.28. The fraction of sp³-hybridized carbons (Fsp3) is 0.154. The summed E-state index contributed by atoms with van der Waals surface area (Å²) < 4.78 is 1.91. The lowest BCUT2D eigenvalue weighted by Gasteiger charge is -2.04. The van der Waals surface area contributed by atoms with Gasteiger partial charge in [-0.1, -0.05) is 30.0 Å². The van der Waals surface area contributed by atoms with Crippen LogP contribution in [0.5, 0.6) is 0 Å². The molecule has 1 amide bonds. The number of amides is 1. The molecule has 0 fully saturated rings. The van der Waals surface area contributed by atoms with Gasteiger partial charge in [-0.15, -0.1) is 16.8 Å². The van der Waals surface area contributed by atoms with E-state index in [0.29, 0.717) is 17.9 Å². The van der Waals surface area contributed by atoms with E-state index in [0.717, 1.165) is 10.7 Å². The number of nitrogens with two attached hydrogens (primary N) is 1. The van der Waals surface area contributed by atoms with Crippen LogP contribution in [-0.2, 0) is 12.3 Å². The van der Waals surface area contributed by atoms with Crippen molar-refractivity contribution in [3.8, 4) is 0 Å². The standard InChI is InChI=1S/C13H14N4OS/c1-2-6-17-9-15-16-13(17)19-8-10-4-3-5-11(7-10)12(14)18/h2-5,7,9H,1,6,8H2,(H2,14,18). The molecule has 6 heteroatoms. The van der Waals surface area contributed by atoms with E-state index in [1.54, 1.807) is 36.3 Å². The fourth-order valence-electron chi connectivity index (χ4n) is 1.58. The molecule has 0 aliphatic rings. The lowest BCUT2D eigenvalue weighted by molar-refractivity contribution is 0.1000. The van der Waals surface area contributed by atoms with Gasteiger partial charge < -0.3 is 10.3 Å². The van der Waals surface area contributed by atoms with Gasteiger partial charge in [-0.3, -0.25) is 4.79 Å². The minimum absolute atomic E-state index is 0.415. The molecule has 0 radical (unpaired) electrons. The van der Waals surface area contributed by atoms with E-state index in [4.69, 9.17) is 5.73 Å². The summed E-state index contributed by atoms with van der Waals surface area (Å²) in [5.74, 6) is 0.290. The number of nitrogens with zero attached hydrogens (tertiary/aromatic N) is 3. The molecular weight excluding hydrogens is 260 g/mol. The third-order valence-electron chi connectivity index (χ3n) is 2.49. The first kappa shape index (κ1) is 13.4. The van der Waals surface area contributed by atoms with E-state index in [9.17, 15) is 4.79 Å². The van der Waals surface area contributed by atoms with Crippen LogP contribution in [0.25, 0.3) is 0 Å². The third-order valence-corrected chi connectivity index (χ3v) is 3.54. The number of carbonyl (C=O) groups is 1. The number of benzene rings is 1. The molecule has 1 heterocycles. The molecule has 0 spiro atoms. The molecule has 19 heavy (non-hydrogen) atoms. The second-order valence-electron chi connectivity index (χ2n) is 3.91. The average molecular weight is 274 g/mol. The van der Waals surface area contributed by atoms with Gasteiger partial charge in [0.1, 0.15) is 6.33 Å². The van der Waals surface area contributed by atoms with Crippen LogP contribution in [0.4, 0.5) is 0 Å². The van der Waals surface area contributed by atoms with Gasteiger partial charge in [0.15, 0.2) is 5.16 Å². The number of hydrogen-bond acceptors (Lipinski definition) is 4. The van der Waals surface area contributed by atoms with Gasteiger partial charge in [-0.05, 0) is 17.7 Å². The topological polar surface area (TPSA) is 73.8 Å². The predicted octanol–water partition coefficient (Wildman–Crippen LogP) is 1.86. The molecule has 0 bridgehead atoms. The van der Waals surface area contributed by atoms with Crippen molar-refractivity contribution in [2.24, 2.45) is 5.73 Å². The van der Waals surface area contributed by atoms with Gasteiger partial charge in [0.05, 0.1) is 0 Å². The van der Waals surface area contributed by atoms with Crippen molar-refractivity contribution in [2.75, 3.05) is 0 Å². The van der Waals surface area contributed by atoms with Crippen LogP contribution >= 0.6 is 11.8 Å². The molecule has 1 aromatic carbocycles. The monoisotopic (exact) mass is 274 g/mol. The van der Waals surface area contributed by atoms with Gasteiger partial charge in [-0.25, -0.2) is 0 Å². The SMILES string of the molecule is C=CCn1cnnc1SCc1cccc(C(N)=O)c1. The van der Waals surface area contributed by atoms with Crippen molar-refractivity contribution in [1.29, 1.82) is 0 Å². The van der Waals surface area contributed by atoms with Gasteiger partial charge >= 0.3 is 0 Å². The Labute approximate surface area is 115 Å². The van der Waals surface area contributed by atoms with E-state index in [2.05, 4.69) is 16.8 Å². The number of aromatic nitrogens is 3. The quantitative estimate of drug-likeness (QED) is 0.644. The zero-order valence-corrected chi connectivity index (χ0v) is 11.1. The van der Waals surface area contributed by atoms with E-state index < -0.39 is 5.91 Å². The minimum atomic E-state index is -0.415. The van der Waals surface area contributed by atoms with E-state index in [1.807, 2.05) is 16.7 Å². The highest BCUT2D eigenvalue weighted by Gasteiger charge is 2.06. The molecule has 1 aromatic heterocycles. The Morgan fingerprint density at radius 2 is 2.37 bits per heavy atom. The second kappa shape index (κ2) is 6.19. The van der Waals surface area contributed by atoms with E-state index in [-0.39, 0.29) is 0 Å². The van der Waals surface area contributed by atoms with Crippen LogP contribution in [0.3, 0.4) is 0 Å². The summed E-state index contributed by atoms with van der Waals surface area (Å²) in [4.78, 5) is 11.1. The normalized spacial score (nSPS) is 10.3. The fourth-order valence-corrected chi connectivity index (χ4v) is 2.45. The summed E-state index contributed by atoms with van der Waals surface area (Å²) in [5.41, 5.74) is 6.80. The molecule has 5 nitrogen and oxygen atoms in total. The second-order valence-corrected chi connectivity index (χ2v) is 4.85. The maximum absolute atomic E-state index is 11.1. The Morgan fingerprint density at radius 1 is 1.53 bits per heavy atom. The van der Waals surface area contributed by atoms with Crippen molar-refractivity contribution in [2.45, 2.75) is 17.5 Å². The highest BCUT2D eigenvalue weighted by atomic mass is 32.2. The smallest absolute Gasteiger partial charge is 0.248 e. The number of allylic oxidation sites excluding steroid dienone is 1. The van der Waals surface area contributed by atoms with Crippen molar-refractivity contribution in [3.63, 3.8) is 0 Å². The summed E-state index contributed by atoms with van der Waals surface area (Å²) in [6.07, 6.45) is 3.46. The Kier molecular flexibility index (Phi) is 4.35. The van der Waals surface area contributed by atoms with Crippen molar-refractivity contribution < 1.29 is 4.79 Å². The molecule has 0 unspecified atom stereocenters. The molecule has 2 N–H and O–H groups in total. The first-order valence-electron chi connectivity index (χ1n) is 5.71. The lowest BCUT2D eigenvalue weighted by atomic mass is 10.1.